The molecule has 6 nitrogen and oxygen atoms in total. The van der Waals surface area contributed by atoms with Crippen molar-refractivity contribution in [3.8, 4) is 11.1 Å². The zero-order valence-corrected chi connectivity index (χ0v) is 14.3. The van der Waals surface area contributed by atoms with E-state index in [4.69, 9.17) is 0 Å². The van der Waals surface area contributed by atoms with Crippen LogP contribution in [0.5, 0.6) is 0 Å². The molecule has 4 rings (SSSR count). The van der Waals surface area contributed by atoms with E-state index in [2.05, 4.69) is 4.98 Å². The second-order valence-corrected chi connectivity index (χ2v) is 6.90. The van der Waals surface area contributed by atoms with Crippen molar-refractivity contribution in [3.05, 3.63) is 75.6 Å². The van der Waals surface area contributed by atoms with Crippen LogP contribution in [0.1, 0.15) is 18.4 Å². The van der Waals surface area contributed by atoms with Gasteiger partial charge in [0.15, 0.2) is 0 Å². The third kappa shape index (κ3) is 3.16. The van der Waals surface area contributed by atoms with Crippen LogP contribution in [0.2, 0.25) is 0 Å². The molecule has 0 unspecified atom stereocenters. The fourth-order valence-electron chi connectivity index (χ4n) is 3.76. The Morgan fingerprint density at radius 2 is 1.88 bits per heavy atom. The molecule has 0 bridgehead atoms. The first-order valence-corrected chi connectivity index (χ1v) is 8.74. The summed E-state index contributed by atoms with van der Waals surface area (Å²) in [6.45, 7) is 1.72. The summed E-state index contributed by atoms with van der Waals surface area (Å²) in [4.78, 5) is 15.2. The number of hydrogen-bond donors (Lipinski definition) is 0. The van der Waals surface area contributed by atoms with Crippen molar-refractivity contribution in [2.24, 2.45) is 0 Å². The first-order chi connectivity index (χ1) is 12.5. The average molecular weight is 349 g/mol. The molecule has 0 aliphatic carbocycles. The maximum Gasteiger partial charge on any atom is 0.270 e. The number of quaternary nitrogens is 1. The van der Waals surface area contributed by atoms with Gasteiger partial charge >= 0.3 is 0 Å². The second-order valence-electron chi connectivity index (χ2n) is 6.90. The molecular weight excluding hydrogens is 330 g/mol. The van der Waals surface area contributed by atoms with Crippen LogP contribution < -0.4 is 0 Å². The Hall–Kier alpha value is -2.83. The highest BCUT2D eigenvalue weighted by Crippen LogP contribution is 2.32. The Balaban J connectivity index is 1.85. The third-order valence-corrected chi connectivity index (χ3v) is 4.98. The molecule has 2 aromatic carbocycles. The van der Waals surface area contributed by atoms with E-state index >= 15 is 0 Å². The minimum absolute atomic E-state index is 0.0452. The van der Waals surface area contributed by atoms with Gasteiger partial charge in [0.1, 0.15) is 6.54 Å². The third-order valence-electron chi connectivity index (χ3n) is 4.98. The molecule has 26 heavy (non-hydrogen) atoms. The number of likely N-dealkylation sites (tertiary alicyclic amines) is 1. The van der Waals surface area contributed by atoms with Gasteiger partial charge in [-0.2, -0.15) is 0 Å². The lowest BCUT2D eigenvalue weighted by atomic mass is 9.98. The summed E-state index contributed by atoms with van der Waals surface area (Å²) in [7, 11) is 0. The fraction of sp³-hybridized carbons (Fsp3) is 0.250. The summed E-state index contributed by atoms with van der Waals surface area (Å²) < 4.78 is -0.194. The van der Waals surface area contributed by atoms with Gasteiger partial charge in [-0.1, -0.05) is 18.2 Å². The van der Waals surface area contributed by atoms with Gasteiger partial charge in [-0.15, -0.1) is 0 Å². The second kappa shape index (κ2) is 6.48. The van der Waals surface area contributed by atoms with Gasteiger partial charge < -0.3 is 9.85 Å². The zero-order chi connectivity index (χ0) is 18.1. The standard InChI is InChI=1S/C20H19N3O3/c24-22(25)18-7-3-5-16(13-18)19-12-15(14-23(26)9-1-2-10-23)11-17-6-4-8-21-20(17)19/h3-8,11-13H,1-2,9-10,14H2. The van der Waals surface area contributed by atoms with Crippen LogP contribution in [0.25, 0.3) is 22.0 Å². The summed E-state index contributed by atoms with van der Waals surface area (Å²) in [5, 5.41) is 24.9. The van der Waals surface area contributed by atoms with Crippen LogP contribution >= 0.6 is 0 Å². The maximum atomic E-state index is 12.8. The molecule has 1 aliphatic rings. The Morgan fingerprint density at radius 1 is 1.08 bits per heavy atom. The number of fused-ring (bicyclic) bond motifs is 1. The number of benzene rings is 2. The minimum atomic E-state index is -0.398. The van der Waals surface area contributed by atoms with Gasteiger partial charge in [0.25, 0.3) is 5.69 Å². The van der Waals surface area contributed by atoms with Crippen molar-refractivity contribution in [3.63, 3.8) is 0 Å². The van der Waals surface area contributed by atoms with Crippen molar-refractivity contribution in [1.29, 1.82) is 0 Å². The van der Waals surface area contributed by atoms with E-state index in [1.807, 2.05) is 30.3 Å². The van der Waals surface area contributed by atoms with E-state index < -0.39 is 4.92 Å². The molecule has 0 atom stereocenters. The topological polar surface area (TPSA) is 79.1 Å². The predicted octanol–water partition coefficient (Wildman–Crippen LogP) is 4.42. The van der Waals surface area contributed by atoms with Gasteiger partial charge in [-0.3, -0.25) is 15.1 Å². The van der Waals surface area contributed by atoms with E-state index in [1.165, 1.54) is 6.07 Å². The molecule has 6 heteroatoms. The lowest BCUT2D eigenvalue weighted by Gasteiger charge is -2.38. The van der Waals surface area contributed by atoms with Gasteiger partial charge in [-0.25, -0.2) is 0 Å². The molecule has 1 fully saturated rings. The number of rotatable bonds is 4. The van der Waals surface area contributed by atoms with E-state index in [1.54, 1.807) is 18.3 Å². The summed E-state index contributed by atoms with van der Waals surface area (Å²) >= 11 is 0. The number of nitro groups is 1. The number of aromatic nitrogens is 1. The first-order valence-electron chi connectivity index (χ1n) is 8.74. The summed E-state index contributed by atoms with van der Waals surface area (Å²) in [5.41, 5.74) is 3.35. The quantitative estimate of drug-likeness (QED) is 0.302. The molecule has 0 radical (unpaired) electrons. The lowest BCUT2D eigenvalue weighted by Crippen LogP contribution is -2.37. The molecule has 3 aromatic rings. The van der Waals surface area contributed by atoms with Gasteiger partial charge in [-0.05, 0) is 23.8 Å². The summed E-state index contributed by atoms with van der Waals surface area (Å²) in [6, 6.07) is 14.4. The van der Waals surface area contributed by atoms with Crippen LogP contribution in [0.3, 0.4) is 0 Å². The Labute approximate surface area is 151 Å². The molecule has 1 aromatic heterocycles. The van der Waals surface area contributed by atoms with Crippen molar-refractivity contribution < 1.29 is 9.57 Å². The smallest absolute Gasteiger partial charge is 0.270 e. The van der Waals surface area contributed by atoms with E-state index in [-0.39, 0.29) is 10.3 Å². The molecule has 132 valence electrons. The highest BCUT2D eigenvalue weighted by molar-refractivity contribution is 5.94. The largest absolute Gasteiger partial charge is 0.633 e. The van der Waals surface area contributed by atoms with Crippen molar-refractivity contribution in [2.45, 2.75) is 19.4 Å². The maximum absolute atomic E-state index is 12.8. The van der Waals surface area contributed by atoms with Crippen LogP contribution in [0.4, 0.5) is 5.69 Å². The molecule has 2 heterocycles. The normalized spacial score (nSPS) is 16.0. The van der Waals surface area contributed by atoms with Gasteiger partial charge in [0.05, 0.1) is 23.5 Å². The van der Waals surface area contributed by atoms with Crippen LogP contribution in [0.15, 0.2) is 54.7 Å². The first kappa shape index (κ1) is 16.6. The number of nitrogens with zero attached hydrogens (tertiary/aromatic N) is 3. The van der Waals surface area contributed by atoms with Crippen molar-refractivity contribution in [2.75, 3.05) is 13.1 Å². The van der Waals surface area contributed by atoms with Crippen molar-refractivity contribution >= 4 is 16.6 Å². The minimum Gasteiger partial charge on any atom is -0.633 e. The van der Waals surface area contributed by atoms with Crippen molar-refractivity contribution in [1.82, 2.24) is 4.98 Å². The molecule has 1 aliphatic heterocycles. The van der Waals surface area contributed by atoms with E-state index in [9.17, 15) is 15.3 Å². The predicted molar refractivity (Wildman–Crippen MR) is 100 cm³/mol. The molecule has 0 saturated carbocycles. The van der Waals surface area contributed by atoms with Crippen LogP contribution in [0, 0.1) is 15.3 Å². The SMILES string of the molecule is O=[N+]([O-])c1cccc(-c2cc(C[N+]3([O-])CCCC3)cc3cccnc23)c1. The molecule has 0 spiro atoms. The van der Waals surface area contributed by atoms with Gasteiger partial charge in [0, 0.05) is 47.7 Å². The molecule has 1 saturated heterocycles. The molecule has 0 N–H and O–H groups in total. The number of hydroxylamine groups is 3. The van der Waals surface area contributed by atoms with Gasteiger partial charge in [0.2, 0.25) is 0 Å². The molecule has 0 amide bonds. The Kier molecular flexibility index (Phi) is 4.14. The van der Waals surface area contributed by atoms with E-state index in [0.29, 0.717) is 19.6 Å². The number of pyridine rings is 1. The van der Waals surface area contributed by atoms with E-state index in [0.717, 1.165) is 40.4 Å². The highest BCUT2D eigenvalue weighted by Gasteiger charge is 2.24. The monoisotopic (exact) mass is 349 g/mol. The fourth-order valence-corrected chi connectivity index (χ4v) is 3.76. The Bertz CT molecular complexity index is 981. The zero-order valence-electron chi connectivity index (χ0n) is 14.3. The Morgan fingerprint density at radius 3 is 2.65 bits per heavy atom. The molecular formula is C20H19N3O3. The summed E-state index contributed by atoms with van der Waals surface area (Å²) in [6.07, 6.45) is 3.65. The number of non-ortho nitro benzene ring substituents is 1. The average Bonchev–Trinajstić information content (AvgIpc) is 3.07. The number of nitro benzene ring substituents is 1. The summed E-state index contributed by atoms with van der Waals surface area (Å²) in [5.74, 6) is 0. The van der Waals surface area contributed by atoms with Crippen LogP contribution in [-0.4, -0.2) is 27.6 Å². The highest BCUT2D eigenvalue weighted by atomic mass is 16.6. The lowest BCUT2D eigenvalue weighted by molar-refractivity contribution is -0.881. The number of hydrogen-bond acceptors (Lipinski definition) is 4. The van der Waals surface area contributed by atoms with Crippen LogP contribution in [-0.2, 0) is 6.54 Å².